The molecule has 0 bridgehead atoms. The third-order valence-electron chi connectivity index (χ3n) is 0. The van der Waals surface area contributed by atoms with Crippen LogP contribution in [0.4, 0.5) is 0 Å². The molecule has 0 spiro atoms. The first kappa shape index (κ1) is 4.65. The van der Waals surface area contributed by atoms with Gasteiger partial charge in [-0.1, -0.05) is 0 Å². The third kappa shape index (κ3) is 3010. The van der Waals surface area contributed by atoms with E-state index >= 15 is 0 Å². The normalized spacial score (nSPS) is 16.6. The van der Waals surface area contributed by atoms with Crippen LogP contribution in [0.15, 0.2) is 0 Å². The summed E-state index contributed by atoms with van der Waals surface area (Å²) in [6.45, 7) is -2.18. The number of nitrogens with two attached hydrogens (primary N) is 1. The molecule has 0 aromatic heterocycles. The molecule has 5 N–H and O–H groups in total. The standard InChI is InChI=1S/CH6N2.H2O4S/c1-3-2;1-5(2,3)4/h3H,2H2,1H3;(H2,1,2,3,4)/i1D3;. The Labute approximate surface area is 51.5 Å². The average Bonchev–Trinajstić information content (AvgIpc) is 1.59. The summed E-state index contributed by atoms with van der Waals surface area (Å²) >= 11 is 0. The van der Waals surface area contributed by atoms with E-state index in [1.165, 1.54) is 0 Å². The molecule has 0 aliphatic carbocycles. The average molecular weight is 147 g/mol. The van der Waals surface area contributed by atoms with Crippen molar-refractivity contribution in [2.24, 2.45) is 5.84 Å². The summed E-state index contributed by atoms with van der Waals surface area (Å²) < 4.78 is 50.4. The van der Waals surface area contributed by atoms with Crippen LogP contribution in [0.1, 0.15) is 4.11 Å². The lowest BCUT2D eigenvalue weighted by Gasteiger charge is -1.68. The molecule has 0 aromatic rings. The molecule has 6 nitrogen and oxygen atoms in total. The van der Waals surface area contributed by atoms with Crippen LogP contribution >= 0.6 is 0 Å². The van der Waals surface area contributed by atoms with Crippen molar-refractivity contribution in [2.45, 2.75) is 0 Å². The topological polar surface area (TPSA) is 113 Å². The quantitative estimate of drug-likeness (QED) is 0.187. The van der Waals surface area contributed by atoms with Crippen molar-refractivity contribution in [1.82, 2.24) is 5.43 Å². The van der Waals surface area contributed by atoms with Crippen LogP contribution < -0.4 is 11.3 Å². The molecule has 52 valence electrons. The number of hydrogen-bond donors (Lipinski definition) is 4. The van der Waals surface area contributed by atoms with Crippen LogP contribution in [0.25, 0.3) is 0 Å². The maximum atomic E-state index is 8.74. The second-order valence-electron chi connectivity index (χ2n) is 0.592. The zero-order valence-electron chi connectivity index (χ0n) is 6.70. The molecular formula is CH8N2O4S. The van der Waals surface area contributed by atoms with Gasteiger partial charge >= 0.3 is 10.4 Å². The Kier molecular flexibility index (Phi) is 2.87. The van der Waals surface area contributed by atoms with Gasteiger partial charge in [0.1, 0.15) is 0 Å². The SMILES string of the molecule is O=S(=O)(O)O.[2H]C([2H])([2H])NN. The van der Waals surface area contributed by atoms with Gasteiger partial charge in [0.25, 0.3) is 0 Å². The van der Waals surface area contributed by atoms with Crippen LogP contribution in [0.2, 0.25) is 0 Å². The van der Waals surface area contributed by atoms with Gasteiger partial charge in [-0.05, 0) is 6.98 Å². The molecule has 0 aliphatic rings. The van der Waals surface area contributed by atoms with E-state index in [0.29, 0.717) is 0 Å². The zero-order chi connectivity index (χ0) is 9.71. The minimum atomic E-state index is -4.67. The molecular weight excluding hydrogens is 136 g/mol. The molecule has 8 heavy (non-hydrogen) atoms. The van der Waals surface area contributed by atoms with Gasteiger partial charge < -0.3 is 0 Å². The predicted octanol–water partition coefficient (Wildman–Crippen LogP) is -1.57. The zero-order valence-corrected chi connectivity index (χ0v) is 4.51. The summed E-state index contributed by atoms with van der Waals surface area (Å²) in [6, 6.07) is 0. The number of rotatable bonds is 0. The lowest BCUT2D eigenvalue weighted by Crippen LogP contribution is -2.13. The van der Waals surface area contributed by atoms with Crippen molar-refractivity contribution in [1.29, 1.82) is 0 Å². The first-order chi connectivity index (χ1) is 4.56. The van der Waals surface area contributed by atoms with Crippen molar-refractivity contribution in [3.05, 3.63) is 0 Å². The molecule has 0 heterocycles. The van der Waals surface area contributed by atoms with Crippen LogP contribution in [0.3, 0.4) is 0 Å². The molecule has 0 saturated carbocycles. The minimum absolute atomic E-state index is 1.60. The fraction of sp³-hybridized carbons (Fsp3) is 1.00. The molecule has 0 fully saturated rings. The molecule has 0 amide bonds. The smallest absolute Gasteiger partial charge is 0.272 e. The van der Waals surface area contributed by atoms with Crippen molar-refractivity contribution in [3.8, 4) is 0 Å². The fourth-order valence-corrected chi connectivity index (χ4v) is 0. The van der Waals surface area contributed by atoms with Gasteiger partial charge in [-0.25, -0.2) is 0 Å². The van der Waals surface area contributed by atoms with Crippen LogP contribution in [0.5, 0.6) is 0 Å². The molecule has 0 rings (SSSR count). The van der Waals surface area contributed by atoms with Crippen molar-refractivity contribution < 1.29 is 21.6 Å². The summed E-state index contributed by atoms with van der Waals surface area (Å²) in [4.78, 5) is 0. The second kappa shape index (κ2) is 4.94. The van der Waals surface area contributed by atoms with E-state index in [9.17, 15) is 0 Å². The van der Waals surface area contributed by atoms with Gasteiger partial charge in [-0.3, -0.25) is 20.4 Å². The summed E-state index contributed by atoms with van der Waals surface area (Å²) in [5.41, 5.74) is 1.60. The van der Waals surface area contributed by atoms with E-state index in [0.717, 1.165) is 0 Å². The van der Waals surface area contributed by atoms with E-state index < -0.39 is 17.4 Å². The molecule has 7 heteroatoms. The highest BCUT2D eigenvalue weighted by Crippen LogP contribution is 1.59. The van der Waals surface area contributed by atoms with E-state index in [2.05, 4.69) is 5.84 Å². The maximum Gasteiger partial charge on any atom is 0.394 e. The Morgan fingerprint density at radius 1 is 1.75 bits per heavy atom. The van der Waals surface area contributed by atoms with E-state index in [-0.39, 0.29) is 0 Å². The van der Waals surface area contributed by atoms with Gasteiger partial charge in [0.15, 0.2) is 0 Å². The second-order valence-corrected chi connectivity index (χ2v) is 1.49. The monoisotopic (exact) mass is 147 g/mol. The number of nitrogens with one attached hydrogen (secondary N) is 1. The van der Waals surface area contributed by atoms with E-state index in [4.69, 9.17) is 21.6 Å². The summed E-state index contributed by atoms with van der Waals surface area (Å²) in [5.74, 6) is 4.49. The highest BCUT2D eigenvalue weighted by molar-refractivity contribution is 7.79. The highest BCUT2D eigenvalue weighted by Gasteiger charge is 1.84. The lowest BCUT2D eigenvalue weighted by atomic mass is 11.5. The fourth-order valence-electron chi connectivity index (χ4n) is 0. The van der Waals surface area contributed by atoms with Crippen LogP contribution in [-0.2, 0) is 10.4 Å². The Morgan fingerprint density at radius 2 is 1.88 bits per heavy atom. The van der Waals surface area contributed by atoms with Crippen molar-refractivity contribution >= 4 is 10.4 Å². The van der Waals surface area contributed by atoms with Gasteiger partial charge in [0.2, 0.25) is 0 Å². The van der Waals surface area contributed by atoms with Gasteiger partial charge in [0.05, 0.1) is 0 Å². The van der Waals surface area contributed by atoms with E-state index in [1.54, 1.807) is 5.43 Å². The summed E-state index contributed by atoms with van der Waals surface area (Å²) in [6.07, 6.45) is 0. The van der Waals surface area contributed by atoms with Gasteiger partial charge in [0, 0.05) is 4.11 Å². The molecule has 0 aromatic carbocycles. The first-order valence-electron chi connectivity index (χ1n) is 2.74. The molecule has 0 atom stereocenters. The molecule has 0 unspecified atom stereocenters. The minimum Gasteiger partial charge on any atom is -0.272 e. The summed E-state index contributed by atoms with van der Waals surface area (Å²) in [5, 5.41) is 0. The number of hydrazine groups is 1. The Morgan fingerprint density at radius 3 is 1.88 bits per heavy atom. The van der Waals surface area contributed by atoms with Crippen molar-refractivity contribution in [2.75, 3.05) is 6.98 Å². The predicted molar refractivity (Wildman–Crippen MR) is 27.4 cm³/mol. The summed E-state index contributed by atoms with van der Waals surface area (Å²) in [7, 11) is -4.67. The van der Waals surface area contributed by atoms with Crippen LogP contribution in [-0.4, -0.2) is 24.5 Å². The largest absolute Gasteiger partial charge is 0.394 e. The van der Waals surface area contributed by atoms with Crippen LogP contribution in [0, 0.1) is 0 Å². The Balaban J connectivity index is 0. The van der Waals surface area contributed by atoms with Crippen molar-refractivity contribution in [3.63, 3.8) is 0 Å². The Bertz CT molecular complexity index is 176. The molecule has 0 radical (unpaired) electrons. The number of hydrogen-bond acceptors (Lipinski definition) is 4. The first-order valence-corrected chi connectivity index (χ1v) is 2.63. The van der Waals surface area contributed by atoms with Gasteiger partial charge in [-0.2, -0.15) is 8.42 Å². The maximum absolute atomic E-state index is 8.74. The molecule has 0 aliphatic heterocycles. The highest BCUT2D eigenvalue weighted by atomic mass is 32.3. The van der Waals surface area contributed by atoms with E-state index in [1.807, 2.05) is 0 Å². The lowest BCUT2D eigenvalue weighted by molar-refractivity contribution is 0.381. The molecule has 0 saturated heterocycles. The van der Waals surface area contributed by atoms with Gasteiger partial charge in [-0.15, -0.1) is 0 Å². The Hall–Kier alpha value is -0.210. The third-order valence-corrected chi connectivity index (χ3v) is 0.